The van der Waals surface area contributed by atoms with Crippen LogP contribution in [0.15, 0.2) is 12.3 Å². The van der Waals surface area contributed by atoms with E-state index in [2.05, 4.69) is 20.0 Å². The molecule has 0 aliphatic carbocycles. The Labute approximate surface area is 114 Å². The van der Waals surface area contributed by atoms with E-state index in [9.17, 15) is 13.2 Å². The predicted molar refractivity (Wildman–Crippen MR) is 70.5 cm³/mol. The van der Waals surface area contributed by atoms with Crippen molar-refractivity contribution in [3.8, 4) is 0 Å². The van der Waals surface area contributed by atoms with Crippen LogP contribution in [0.25, 0.3) is 0 Å². The number of anilines is 2. The lowest BCUT2D eigenvalue weighted by molar-refractivity contribution is 0.0867. The molecule has 0 aliphatic rings. The van der Waals surface area contributed by atoms with Gasteiger partial charge in [-0.2, -0.15) is 19.7 Å². The number of aromatic nitrogens is 5. The van der Waals surface area contributed by atoms with Crippen molar-refractivity contribution in [2.45, 2.75) is 13.5 Å². The zero-order valence-corrected chi connectivity index (χ0v) is 11.6. The molecule has 0 atom stereocenters. The average molecular weight is 299 g/mol. The summed E-state index contributed by atoms with van der Waals surface area (Å²) in [6, 6.07) is 1.56. The van der Waals surface area contributed by atoms with Gasteiger partial charge in [0.25, 0.3) is 5.91 Å². The first kappa shape index (κ1) is 14.0. The van der Waals surface area contributed by atoms with Gasteiger partial charge in [0.1, 0.15) is 12.4 Å². The Morgan fingerprint density at radius 2 is 2.15 bits per heavy atom. The van der Waals surface area contributed by atoms with E-state index < -0.39 is 15.9 Å². The maximum atomic E-state index is 11.9. The quantitative estimate of drug-likeness (QED) is 0.744. The Balaban J connectivity index is 2.11. The molecule has 2 rings (SSSR count). The maximum Gasteiger partial charge on any atom is 0.272 e. The fraction of sp³-hybridized carbons (Fsp3) is 0.333. The van der Waals surface area contributed by atoms with Crippen LogP contribution in [-0.2, 0) is 16.6 Å². The molecule has 0 radical (unpaired) electrons. The lowest BCUT2D eigenvalue weighted by Crippen LogP contribution is -2.22. The third-order valence-corrected chi connectivity index (χ3v) is 2.78. The van der Waals surface area contributed by atoms with Crippen molar-refractivity contribution in [2.24, 2.45) is 0 Å². The lowest BCUT2D eigenvalue weighted by Gasteiger charge is -2.02. The monoisotopic (exact) mass is 299 g/mol. The molecule has 0 aromatic carbocycles. The Morgan fingerprint density at radius 1 is 1.45 bits per heavy atom. The van der Waals surface area contributed by atoms with Crippen LogP contribution in [0.5, 0.6) is 0 Å². The number of nitrogens with zero attached hydrogens (tertiary/aromatic N) is 5. The molecule has 0 unspecified atom stereocenters. The number of nitrogens with one attached hydrogen (secondary N) is 1. The topological polar surface area (TPSA) is 138 Å². The van der Waals surface area contributed by atoms with Crippen molar-refractivity contribution in [2.75, 3.05) is 16.7 Å². The summed E-state index contributed by atoms with van der Waals surface area (Å²) in [5, 5.41) is 11.5. The summed E-state index contributed by atoms with van der Waals surface area (Å²) < 4.78 is 25.2. The molecule has 0 saturated heterocycles. The van der Waals surface area contributed by atoms with Gasteiger partial charge in [-0.15, -0.1) is 5.10 Å². The first-order valence-corrected chi connectivity index (χ1v) is 7.37. The zero-order chi connectivity index (χ0) is 14.9. The molecule has 0 saturated carbocycles. The highest BCUT2D eigenvalue weighted by molar-refractivity contribution is 7.92. The summed E-state index contributed by atoms with van der Waals surface area (Å²) in [5.41, 5.74) is 6.24. The largest absolute Gasteiger partial charge is 0.383 e. The number of nitrogen functional groups attached to an aromatic ring is 1. The normalized spacial score (nSPS) is 11.5. The van der Waals surface area contributed by atoms with Crippen LogP contribution in [0, 0.1) is 6.92 Å². The predicted octanol–water partition coefficient (Wildman–Crippen LogP) is -0.923. The van der Waals surface area contributed by atoms with Crippen molar-refractivity contribution in [1.29, 1.82) is 0 Å². The number of nitrogens with two attached hydrogens (primary N) is 1. The molecule has 10 nitrogen and oxygen atoms in total. The Kier molecular flexibility index (Phi) is 3.44. The number of carbonyl (C=O) groups is 1. The van der Waals surface area contributed by atoms with E-state index in [1.165, 1.54) is 6.20 Å². The SMILES string of the molecule is Cc1cc(N)n(C(=O)Cn2ncc(NS(C)(=O)=O)n2)n1. The lowest BCUT2D eigenvalue weighted by atomic mass is 10.5. The van der Waals surface area contributed by atoms with Gasteiger partial charge in [-0.1, -0.05) is 0 Å². The van der Waals surface area contributed by atoms with E-state index in [1.807, 2.05) is 0 Å². The van der Waals surface area contributed by atoms with Crippen molar-refractivity contribution < 1.29 is 13.2 Å². The van der Waals surface area contributed by atoms with Gasteiger partial charge in [0, 0.05) is 6.07 Å². The van der Waals surface area contributed by atoms with Crippen LogP contribution in [-0.4, -0.2) is 45.4 Å². The number of carbonyl (C=O) groups excluding carboxylic acids is 1. The summed E-state index contributed by atoms with van der Waals surface area (Å²) in [5.74, 6) is -0.184. The van der Waals surface area contributed by atoms with E-state index in [0.29, 0.717) is 5.69 Å². The summed E-state index contributed by atoms with van der Waals surface area (Å²) >= 11 is 0. The summed E-state index contributed by atoms with van der Waals surface area (Å²) in [6.45, 7) is 1.50. The fourth-order valence-electron chi connectivity index (χ4n) is 1.52. The van der Waals surface area contributed by atoms with Crippen LogP contribution in [0.2, 0.25) is 0 Å². The molecule has 20 heavy (non-hydrogen) atoms. The van der Waals surface area contributed by atoms with Gasteiger partial charge in [-0.25, -0.2) is 8.42 Å². The van der Waals surface area contributed by atoms with E-state index in [0.717, 1.165) is 15.7 Å². The van der Waals surface area contributed by atoms with Gasteiger partial charge in [0.05, 0.1) is 18.1 Å². The summed E-state index contributed by atoms with van der Waals surface area (Å²) in [7, 11) is -3.44. The Hall–Kier alpha value is -2.43. The average Bonchev–Trinajstić information content (AvgIpc) is 2.83. The first-order valence-electron chi connectivity index (χ1n) is 5.48. The van der Waals surface area contributed by atoms with Crippen molar-refractivity contribution in [3.63, 3.8) is 0 Å². The van der Waals surface area contributed by atoms with Crippen LogP contribution in [0.1, 0.15) is 10.5 Å². The molecule has 108 valence electrons. The molecule has 2 heterocycles. The molecule has 2 aromatic rings. The first-order chi connectivity index (χ1) is 9.24. The van der Waals surface area contributed by atoms with Gasteiger partial charge in [0.2, 0.25) is 10.0 Å². The van der Waals surface area contributed by atoms with Crippen LogP contribution in [0.4, 0.5) is 11.6 Å². The van der Waals surface area contributed by atoms with Gasteiger partial charge in [-0.05, 0) is 6.92 Å². The van der Waals surface area contributed by atoms with Crippen molar-refractivity contribution in [3.05, 3.63) is 18.0 Å². The molecule has 0 fully saturated rings. The number of rotatable bonds is 4. The highest BCUT2D eigenvalue weighted by atomic mass is 32.2. The second kappa shape index (κ2) is 4.92. The molecule has 0 aliphatic heterocycles. The molecular weight excluding hydrogens is 286 g/mol. The van der Waals surface area contributed by atoms with E-state index >= 15 is 0 Å². The number of sulfonamides is 1. The molecule has 0 bridgehead atoms. The molecule has 11 heteroatoms. The minimum atomic E-state index is -3.44. The van der Waals surface area contributed by atoms with Crippen molar-refractivity contribution in [1.82, 2.24) is 24.8 Å². The van der Waals surface area contributed by atoms with E-state index in [4.69, 9.17) is 5.73 Å². The Morgan fingerprint density at radius 3 is 2.70 bits per heavy atom. The molecular formula is C9H13N7O3S. The standard InChI is InChI=1S/C9H13N7O3S/c1-6-3-7(10)16(12-6)9(17)5-15-11-4-8(13-15)14-20(2,18)19/h3-4H,5,10H2,1-2H3,(H,13,14). The number of aryl methyl sites for hydroxylation is 1. The van der Waals surface area contributed by atoms with Crippen LogP contribution in [0.3, 0.4) is 0 Å². The summed E-state index contributed by atoms with van der Waals surface area (Å²) in [4.78, 5) is 13.0. The zero-order valence-electron chi connectivity index (χ0n) is 10.8. The summed E-state index contributed by atoms with van der Waals surface area (Å²) in [6.07, 6.45) is 2.19. The van der Waals surface area contributed by atoms with Crippen LogP contribution < -0.4 is 10.5 Å². The second-order valence-electron chi connectivity index (χ2n) is 4.15. The number of hydrogen-bond acceptors (Lipinski definition) is 7. The third-order valence-electron chi connectivity index (χ3n) is 2.20. The highest BCUT2D eigenvalue weighted by Gasteiger charge is 2.13. The fourth-order valence-corrected chi connectivity index (χ4v) is 1.99. The molecule has 2 aromatic heterocycles. The second-order valence-corrected chi connectivity index (χ2v) is 5.90. The van der Waals surface area contributed by atoms with E-state index in [1.54, 1.807) is 13.0 Å². The van der Waals surface area contributed by atoms with Crippen LogP contribution >= 0.6 is 0 Å². The van der Waals surface area contributed by atoms with Gasteiger partial charge < -0.3 is 5.73 Å². The molecule has 0 amide bonds. The smallest absolute Gasteiger partial charge is 0.272 e. The van der Waals surface area contributed by atoms with Gasteiger partial charge in [0.15, 0.2) is 5.82 Å². The number of hydrogen-bond donors (Lipinski definition) is 2. The van der Waals surface area contributed by atoms with Crippen molar-refractivity contribution >= 4 is 27.6 Å². The minimum Gasteiger partial charge on any atom is -0.383 e. The minimum absolute atomic E-state index is 0.0323. The van der Waals surface area contributed by atoms with E-state index in [-0.39, 0.29) is 18.2 Å². The third kappa shape index (κ3) is 3.32. The van der Waals surface area contributed by atoms with Gasteiger partial charge in [-0.3, -0.25) is 9.52 Å². The molecule has 0 spiro atoms. The Bertz CT molecular complexity index is 745. The molecule has 3 N–H and O–H groups in total. The van der Waals surface area contributed by atoms with Gasteiger partial charge >= 0.3 is 0 Å². The maximum absolute atomic E-state index is 11.9. The highest BCUT2D eigenvalue weighted by Crippen LogP contribution is 2.06.